The van der Waals surface area contributed by atoms with Gasteiger partial charge in [-0.15, -0.1) is 0 Å². The molecular weight excluding hydrogens is 227 g/mol. The maximum atomic E-state index is 11.5. The summed E-state index contributed by atoms with van der Waals surface area (Å²) in [5, 5.41) is 0. The van der Waals surface area contributed by atoms with E-state index in [2.05, 4.69) is 0 Å². The Balaban J connectivity index is 3.63. The Kier molecular flexibility index (Phi) is 7.42. The van der Waals surface area contributed by atoms with Gasteiger partial charge >= 0.3 is 0 Å². The molecule has 0 saturated heterocycles. The maximum Gasteiger partial charge on any atom is 0.254 e. The summed E-state index contributed by atoms with van der Waals surface area (Å²) in [6.07, 6.45) is 0. The van der Waals surface area contributed by atoms with Crippen molar-refractivity contribution in [1.82, 2.24) is 0 Å². The first-order chi connectivity index (χ1) is 6.02. The van der Waals surface area contributed by atoms with Crippen molar-refractivity contribution in [2.45, 2.75) is 13.8 Å². The monoisotopic (exact) mass is 244 g/mol. The fraction of sp³-hybridized carbons (Fsp3) is 1.00. The SMILES string of the molecule is CCOP(C)(=O)SCCS(=O)CC. The molecule has 0 N–H and O–H groups in total. The minimum Gasteiger partial charge on any atom is -0.322 e. The average molecular weight is 244 g/mol. The van der Waals surface area contributed by atoms with Crippen LogP contribution >= 0.6 is 18.0 Å². The van der Waals surface area contributed by atoms with Crippen molar-refractivity contribution in [3.05, 3.63) is 0 Å². The van der Waals surface area contributed by atoms with Gasteiger partial charge in [-0.25, -0.2) is 0 Å². The summed E-state index contributed by atoms with van der Waals surface area (Å²) in [6, 6.07) is 0. The summed E-state index contributed by atoms with van der Waals surface area (Å²) >= 11 is 1.29. The Bertz CT molecular complexity index is 208. The normalized spacial score (nSPS) is 18.1. The van der Waals surface area contributed by atoms with Gasteiger partial charge in [0.25, 0.3) is 6.57 Å². The molecule has 3 nitrogen and oxygen atoms in total. The van der Waals surface area contributed by atoms with Gasteiger partial charge in [0.1, 0.15) is 0 Å². The highest BCUT2D eigenvalue weighted by Crippen LogP contribution is 2.55. The van der Waals surface area contributed by atoms with Crippen LogP contribution in [0.1, 0.15) is 13.8 Å². The van der Waals surface area contributed by atoms with Gasteiger partial charge in [-0.3, -0.25) is 8.77 Å². The van der Waals surface area contributed by atoms with Gasteiger partial charge < -0.3 is 4.52 Å². The molecule has 0 aromatic carbocycles. The largest absolute Gasteiger partial charge is 0.322 e. The highest BCUT2D eigenvalue weighted by atomic mass is 32.7. The molecule has 0 aromatic rings. The minimum absolute atomic E-state index is 0.470. The van der Waals surface area contributed by atoms with E-state index in [9.17, 15) is 8.77 Å². The Morgan fingerprint density at radius 3 is 2.54 bits per heavy atom. The van der Waals surface area contributed by atoms with Crippen molar-refractivity contribution in [2.75, 3.05) is 30.5 Å². The molecular formula is C7H17O3PS2. The van der Waals surface area contributed by atoms with Crippen LogP contribution in [0.4, 0.5) is 0 Å². The Labute approximate surface area is 86.7 Å². The summed E-state index contributed by atoms with van der Waals surface area (Å²) in [5.74, 6) is 1.92. The fourth-order valence-corrected chi connectivity index (χ4v) is 5.12. The minimum atomic E-state index is -2.48. The zero-order valence-electron chi connectivity index (χ0n) is 8.32. The molecule has 0 aliphatic carbocycles. The first kappa shape index (κ1) is 13.7. The molecule has 0 radical (unpaired) electrons. The van der Waals surface area contributed by atoms with Gasteiger partial charge in [0.2, 0.25) is 0 Å². The lowest BCUT2D eigenvalue weighted by atomic mass is 10.9. The second kappa shape index (κ2) is 7.04. The highest BCUT2D eigenvalue weighted by Gasteiger charge is 2.15. The smallest absolute Gasteiger partial charge is 0.254 e. The number of hydrogen-bond acceptors (Lipinski definition) is 4. The van der Waals surface area contributed by atoms with Crippen molar-refractivity contribution >= 4 is 28.8 Å². The van der Waals surface area contributed by atoms with Crippen LogP contribution in [0.5, 0.6) is 0 Å². The molecule has 6 heteroatoms. The van der Waals surface area contributed by atoms with E-state index in [1.165, 1.54) is 11.4 Å². The maximum absolute atomic E-state index is 11.5. The van der Waals surface area contributed by atoms with Gasteiger partial charge in [0, 0.05) is 34.7 Å². The molecule has 0 aromatic heterocycles. The molecule has 80 valence electrons. The second-order valence-corrected chi connectivity index (χ2v) is 9.55. The van der Waals surface area contributed by atoms with Gasteiger partial charge in [-0.1, -0.05) is 18.3 Å². The first-order valence-corrected chi connectivity index (χ1v) is 9.38. The molecule has 0 fully saturated rings. The van der Waals surface area contributed by atoms with E-state index in [-0.39, 0.29) is 0 Å². The van der Waals surface area contributed by atoms with E-state index in [0.717, 1.165) is 0 Å². The van der Waals surface area contributed by atoms with E-state index < -0.39 is 17.4 Å². The molecule has 13 heavy (non-hydrogen) atoms. The van der Waals surface area contributed by atoms with Crippen LogP contribution in [0.25, 0.3) is 0 Å². The zero-order chi connectivity index (χ0) is 10.3. The Morgan fingerprint density at radius 1 is 1.46 bits per heavy atom. The third kappa shape index (κ3) is 7.74. The van der Waals surface area contributed by atoms with Crippen LogP contribution < -0.4 is 0 Å². The molecule has 2 atom stereocenters. The van der Waals surface area contributed by atoms with Gasteiger partial charge in [0.05, 0.1) is 6.61 Å². The van der Waals surface area contributed by atoms with E-state index in [0.29, 0.717) is 23.9 Å². The van der Waals surface area contributed by atoms with E-state index in [1.807, 2.05) is 13.8 Å². The molecule has 0 heterocycles. The number of rotatable bonds is 7. The molecule has 0 aliphatic heterocycles. The topological polar surface area (TPSA) is 43.4 Å². The van der Waals surface area contributed by atoms with Crippen LogP contribution in [0.3, 0.4) is 0 Å². The molecule has 2 unspecified atom stereocenters. The first-order valence-electron chi connectivity index (χ1n) is 4.23. The lowest BCUT2D eigenvalue weighted by Crippen LogP contribution is -2.01. The lowest BCUT2D eigenvalue weighted by molar-refractivity contribution is 0.350. The number of hydrogen-bond donors (Lipinski definition) is 0. The van der Waals surface area contributed by atoms with Crippen molar-refractivity contribution in [3.8, 4) is 0 Å². The quantitative estimate of drug-likeness (QED) is 0.645. The molecule has 0 bridgehead atoms. The fourth-order valence-electron chi connectivity index (χ4n) is 0.712. The molecule has 0 rings (SSSR count). The van der Waals surface area contributed by atoms with Crippen LogP contribution in [0.15, 0.2) is 0 Å². The zero-order valence-corrected chi connectivity index (χ0v) is 10.8. The summed E-state index contributed by atoms with van der Waals surface area (Å²) in [7, 11) is -0.763. The van der Waals surface area contributed by atoms with Crippen molar-refractivity contribution in [2.24, 2.45) is 0 Å². The predicted octanol–water partition coefficient (Wildman–Crippen LogP) is 2.35. The summed E-state index contributed by atoms with van der Waals surface area (Å²) in [4.78, 5) is 0. The van der Waals surface area contributed by atoms with Gasteiger partial charge in [-0.05, 0) is 6.92 Å². The van der Waals surface area contributed by atoms with Gasteiger partial charge in [0.15, 0.2) is 0 Å². The van der Waals surface area contributed by atoms with Crippen LogP contribution in [-0.2, 0) is 19.9 Å². The lowest BCUT2D eigenvalue weighted by Gasteiger charge is -2.10. The molecule has 0 amide bonds. The molecule has 0 saturated carbocycles. The van der Waals surface area contributed by atoms with Crippen molar-refractivity contribution in [3.63, 3.8) is 0 Å². The van der Waals surface area contributed by atoms with Crippen molar-refractivity contribution < 1.29 is 13.3 Å². The van der Waals surface area contributed by atoms with E-state index in [4.69, 9.17) is 4.52 Å². The summed E-state index contributed by atoms with van der Waals surface area (Å²) < 4.78 is 27.6. The third-order valence-corrected chi connectivity index (χ3v) is 6.74. The second-order valence-electron chi connectivity index (χ2n) is 2.45. The van der Waals surface area contributed by atoms with Crippen LogP contribution in [0.2, 0.25) is 0 Å². The van der Waals surface area contributed by atoms with Crippen LogP contribution in [0, 0.1) is 0 Å². The van der Waals surface area contributed by atoms with Gasteiger partial charge in [-0.2, -0.15) is 0 Å². The molecule has 0 aliphatic rings. The Hall–Kier alpha value is 0.690. The van der Waals surface area contributed by atoms with Crippen molar-refractivity contribution in [1.29, 1.82) is 0 Å². The predicted molar refractivity (Wildman–Crippen MR) is 61.2 cm³/mol. The highest BCUT2D eigenvalue weighted by molar-refractivity contribution is 8.56. The average Bonchev–Trinajstić information content (AvgIpc) is 2.03. The third-order valence-electron chi connectivity index (χ3n) is 1.32. The van der Waals surface area contributed by atoms with E-state index >= 15 is 0 Å². The summed E-state index contributed by atoms with van der Waals surface area (Å²) in [5.41, 5.74) is 0. The van der Waals surface area contributed by atoms with E-state index in [1.54, 1.807) is 6.66 Å². The Morgan fingerprint density at radius 2 is 2.08 bits per heavy atom. The standard InChI is InChI=1S/C7H17O3PS2/c1-4-10-11(3,8)12-6-7-13(9)5-2/h4-7H2,1-3H3. The van der Waals surface area contributed by atoms with Crippen LogP contribution in [-0.4, -0.2) is 34.7 Å². The summed E-state index contributed by atoms with van der Waals surface area (Å²) in [6.45, 7) is 3.30. The molecule has 0 spiro atoms.